The predicted octanol–water partition coefficient (Wildman–Crippen LogP) is 2.52. The number of nitrogens with one attached hydrogen (secondary N) is 2. The number of nitrogens with zero attached hydrogens (tertiary/aromatic N) is 1. The second kappa shape index (κ2) is 6.93. The second-order valence-electron chi connectivity index (χ2n) is 5.40. The van der Waals surface area contributed by atoms with E-state index in [1.807, 2.05) is 37.4 Å². The zero-order chi connectivity index (χ0) is 16.2. The minimum atomic E-state index is -0.337. The van der Waals surface area contributed by atoms with Crippen molar-refractivity contribution in [2.24, 2.45) is 0 Å². The fourth-order valence-corrected chi connectivity index (χ4v) is 3.31. The van der Waals surface area contributed by atoms with E-state index in [-0.39, 0.29) is 18.6 Å². The first-order chi connectivity index (χ1) is 11.2. The van der Waals surface area contributed by atoms with Gasteiger partial charge in [0, 0.05) is 28.2 Å². The molecular weight excluding hydrogens is 310 g/mol. The lowest BCUT2D eigenvalue weighted by molar-refractivity contribution is 0.0916. The molecule has 0 spiro atoms. The first-order valence-electron chi connectivity index (χ1n) is 7.62. The smallest absolute Gasteiger partial charge is 0.280 e. The molecule has 0 aliphatic carbocycles. The van der Waals surface area contributed by atoms with Gasteiger partial charge in [0.25, 0.3) is 5.91 Å². The summed E-state index contributed by atoms with van der Waals surface area (Å²) < 4.78 is 0. The lowest BCUT2D eigenvalue weighted by Crippen LogP contribution is -2.39. The summed E-state index contributed by atoms with van der Waals surface area (Å²) in [7, 11) is 0. The van der Waals surface area contributed by atoms with E-state index in [1.54, 1.807) is 6.20 Å². The molecule has 3 N–H and O–H groups in total. The first-order valence-corrected chi connectivity index (χ1v) is 8.44. The summed E-state index contributed by atoms with van der Waals surface area (Å²) in [6.45, 7) is 1.92. The Balaban J connectivity index is 1.71. The maximum atomic E-state index is 12.3. The van der Waals surface area contributed by atoms with E-state index in [9.17, 15) is 9.90 Å². The van der Waals surface area contributed by atoms with Gasteiger partial charge in [-0.25, -0.2) is 4.98 Å². The summed E-state index contributed by atoms with van der Waals surface area (Å²) in [5, 5.41) is 14.0. The number of carbonyl (C=O) groups is 1. The SMILES string of the molecule is CCc1cnc(C(=O)N[C@H](CO)Cc2c[nH]c3ccccc23)s1. The van der Waals surface area contributed by atoms with E-state index >= 15 is 0 Å². The Morgan fingerprint density at radius 3 is 3.00 bits per heavy atom. The van der Waals surface area contributed by atoms with Crippen LogP contribution in [-0.2, 0) is 12.8 Å². The fraction of sp³-hybridized carbons (Fsp3) is 0.294. The summed E-state index contributed by atoms with van der Waals surface area (Å²) in [5.74, 6) is -0.228. The molecule has 6 heteroatoms. The number of amides is 1. The zero-order valence-corrected chi connectivity index (χ0v) is 13.7. The highest BCUT2D eigenvalue weighted by Crippen LogP contribution is 2.19. The molecule has 2 heterocycles. The summed E-state index contributed by atoms with van der Waals surface area (Å²) in [6, 6.07) is 7.66. The average molecular weight is 329 g/mol. The van der Waals surface area contributed by atoms with Crippen molar-refractivity contribution in [1.29, 1.82) is 0 Å². The van der Waals surface area contributed by atoms with Gasteiger partial charge in [0.2, 0.25) is 0 Å². The van der Waals surface area contributed by atoms with Crippen LogP contribution in [0.3, 0.4) is 0 Å². The standard InChI is InChI=1S/C17H19N3O2S/c1-2-13-9-19-17(23-13)16(22)20-12(10-21)7-11-8-18-15-6-4-3-5-14(11)15/h3-6,8-9,12,18,21H,2,7,10H2,1H3,(H,20,22)/t12-/m0/s1. The van der Waals surface area contributed by atoms with Crippen molar-refractivity contribution < 1.29 is 9.90 Å². The number of carbonyl (C=O) groups excluding carboxylic acids is 1. The molecule has 0 fully saturated rings. The lowest BCUT2D eigenvalue weighted by atomic mass is 10.1. The van der Waals surface area contributed by atoms with Gasteiger partial charge in [0.05, 0.1) is 12.6 Å². The Labute approximate surface area is 138 Å². The molecule has 2 aromatic heterocycles. The topological polar surface area (TPSA) is 78.0 Å². The molecule has 0 aliphatic heterocycles. The van der Waals surface area contributed by atoms with Gasteiger partial charge in [-0.15, -0.1) is 11.3 Å². The molecule has 1 aromatic carbocycles. The molecule has 5 nitrogen and oxygen atoms in total. The van der Waals surface area contributed by atoms with E-state index in [1.165, 1.54) is 11.3 Å². The summed E-state index contributed by atoms with van der Waals surface area (Å²) in [5.41, 5.74) is 2.13. The Kier molecular flexibility index (Phi) is 4.73. The van der Waals surface area contributed by atoms with Crippen LogP contribution < -0.4 is 5.32 Å². The summed E-state index contributed by atoms with van der Waals surface area (Å²) in [6.07, 6.45) is 5.09. The number of hydrogen-bond donors (Lipinski definition) is 3. The van der Waals surface area contributed by atoms with Gasteiger partial charge in [0.1, 0.15) is 0 Å². The van der Waals surface area contributed by atoms with Crippen molar-refractivity contribution in [2.75, 3.05) is 6.61 Å². The quantitative estimate of drug-likeness (QED) is 0.650. The third-order valence-corrected chi connectivity index (χ3v) is 4.93. The molecule has 120 valence electrons. The van der Waals surface area contributed by atoms with Crippen LogP contribution in [0.5, 0.6) is 0 Å². The van der Waals surface area contributed by atoms with Crippen molar-refractivity contribution in [3.8, 4) is 0 Å². The number of aromatic nitrogens is 2. The monoisotopic (exact) mass is 329 g/mol. The molecule has 23 heavy (non-hydrogen) atoms. The van der Waals surface area contributed by atoms with Gasteiger partial charge in [-0.3, -0.25) is 4.79 Å². The molecule has 1 amide bonds. The van der Waals surface area contributed by atoms with Gasteiger partial charge < -0.3 is 15.4 Å². The fourth-order valence-electron chi connectivity index (χ4n) is 2.55. The highest BCUT2D eigenvalue weighted by atomic mass is 32.1. The van der Waals surface area contributed by atoms with Gasteiger partial charge in [-0.1, -0.05) is 25.1 Å². The van der Waals surface area contributed by atoms with Gasteiger partial charge in [-0.05, 0) is 24.5 Å². The van der Waals surface area contributed by atoms with Crippen LogP contribution in [0.2, 0.25) is 0 Å². The van der Waals surface area contributed by atoms with Crippen LogP contribution in [-0.4, -0.2) is 33.6 Å². The number of benzene rings is 1. The number of para-hydroxylation sites is 1. The minimum Gasteiger partial charge on any atom is -0.394 e. The molecule has 0 saturated carbocycles. The van der Waals surface area contributed by atoms with Crippen molar-refractivity contribution in [3.05, 3.63) is 52.1 Å². The van der Waals surface area contributed by atoms with Crippen LogP contribution in [0.4, 0.5) is 0 Å². The third kappa shape index (κ3) is 3.43. The van der Waals surface area contributed by atoms with Crippen LogP contribution in [0.15, 0.2) is 36.7 Å². The van der Waals surface area contributed by atoms with Crippen molar-refractivity contribution >= 4 is 28.1 Å². The number of H-pyrrole nitrogens is 1. The number of aromatic amines is 1. The number of hydrogen-bond acceptors (Lipinski definition) is 4. The third-order valence-electron chi connectivity index (χ3n) is 3.79. The first kappa shape index (κ1) is 15.7. The van der Waals surface area contributed by atoms with Crippen LogP contribution in [0, 0.1) is 0 Å². The van der Waals surface area contributed by atoms with Gasteiger partial charge in [0.15, 0.2) is 5.01 Å². The van der Waals surface area contributed by atoms with Gasteiger partial charge in [-0.2, -0.15) is 0 Å². The molecular formula is C17H19N3O2S. The van der Waals surface area contributed by atoms with Gasteiger partial charge >= 0.3 is 0 Å². The number of fused-ring (bicyclic) bond motifs is 1. The Morgan fingerprint density at radius 1 is 1.43 bits per heavy atom. The lowest BCUT2D eigenvalue weighted by Gasteiger charge is -2.15. The number of rotatable bonds is 6. The van der Waals surface area contributed by atoms with Crippen LogP contribution in [0.1, 0.15) is 27.2 Å². The zero-order valence-electron chi connectivity index (χ0n) is 12.9. The van der Waals surface area contributed by atoms with E-state index in [0.29, 0.717) is 11.4 Å². The van der Waals surface area contributed by atoms with Crippen LogP contribution in [0.25, 0.3) is 10.9 Å². The Bertz CT molecular complexity index is 809. The number of aliphatic hydroxyl groups is 1. The molecule has 0 radical (unpaired) electrons. The number of aliphatic hydroxyl groups excluding tert-OH is 1. The van der Waals surface area contributed by atoms with E-state index < -0.39 is 0 Å². The summed E-state index contributed by atoms with van der Waals surface area (Å²) in [4.78, 5) is 20.7. The molecule has 0 aliphatic rings. The maximum Gasteiger partial charge on any atom is 0.280 e. The molecule has 0 saturated heterocycles. The number of thiazole rings is 1. The second-order valence-corrected chi connectivity index (χ2v) is 6.52. The minimum absolute atomic E-state index is 0.114. The molecule has 3 aromatic rings. The highest BCUT2D eigenvalue weighted by molar-refractivity contribution is 7.13. The summed E-state index contributed by atoms with van der Waals surface area (Å²) >= 11 is 1.39. The van der Waals surface area contributed by atoms with Crippen molar-refractivity contribution in [3.63, 3.8) is 0 Å². The molecule has 0 bridgehead atoms. The van der Waals surface area contributed by atoms with E-state index in [4.69, 9.17) is 0 Å². The molecule has 1 atom stereocenters. The predicted molar refractivity (Wildman–Crippen MR) is 91.8 cm³/mol. The average Bonchev–Trinajstić information content (AvgIpc) is 3.21. The highest BCUT2D eigenvalue weighted by Gasteiger charge is 2.17. The van der Waals surface area contributed by atoms with Crippen molar-refractivity contribution in [1.82, 2.24) is 15.3 Å². The molecule has 3 rings (SSSR count). The van der Waals surface area contributed by atoms with Crippen molar-refractivity contribution in [2.45, 2.75) is 25.8 Å². The Hall–Kier alpha value is -2.18. The normalized spacial score (nSPS) is 12.4. The van der Waals surface area contributed by atoms with Crippen LogP contribution >= 0.6 is 11.3 Å². The Morgan fingerprint density at radius 2 is 2.26 bits per heavy atom. The maximum absolute atomic E-state index is 12.3. The number of aryl methyl sites for hydroxylation is 1. The van der Waals surface area contributed by atoms with E-state index in [2.05, 4.69) is 15.3 Å². The largest absolute Gasteiger partial charge is 0.394 e. The molecule has 0 unspecified atom stereocenters. The van der Waals surface area contributed by atoms with E-state index in [0.717, 1.165) is 27.8 Å².